The Labute approximate surface area is 198 Å². The van der Waals surface area contributed by atoms with Crippen molar-refractivity contribution in [2.45, 2.75) is 6.54 Å². The van der Waals surface area contributed by atoms with Crippen LogP contribution in [0, 0.1) is 0 Å². The van der Waals surface area contributed by atoms with Crippen LogP contribution in [-0.2, 0) is 6.54 Å². The van der Waals surface area contributed by atoms with E-state index in [-0.39, 0.29) is 0 Å². The SMILES string of the molecule is COc1cc(/C=C/C(=S)NCc2cc(OC)c(OC)c(OC)c2Br)cc(Br)c1OC. The Balaban J connectivity index is 2.16. The van der Waals surface area contributed by atoms with E-state index < -0.39 is 0 Å². The van der Waals surface area contributed by atoms with Crippen molar-refractivity contribution in [2.75, 3.05) is 35.5 Å². The third-order valence-electron chi connectivity index (χ3n) is 4.18. The fourth-order valence-electron chi connectivity index (χ4n) is 2.75. The molecule has 2 rings (SSSR count). The third-order valence-corrected chi connectivity index (χ3v) is 5.92. The molecule has 0 spiro atoms. The van der Waals surface area contributed by atoms with Crippen LogP contribution in [0.15, 0.2) is 33.2 Å². The zero-order valence-electron chi connectivity index (χ0n) is 17.3. The van der Waals surface area contributed by atoms with Crippen LogP contribution in [0.3, 0.4) is 0 Å². The molecule has 2 aromatic rings. The summed E-state index contributed by atoms with van der Waals surface area (Å²) in [5.41, 5.74) is 1.83. The first kappa shape index (κ1) is 24.3. The Bertz CT molecular complexity index is 950. The van der Waals surface area contributed by atoms with Gasteiger partial charge in [-0.1, -0.05) is 18.3 Å². The number of nitrogens with one attached hydrogen (secondary N) is 1. The van der Waals surface area contributed by atoms with Gasteiger partial charge in [0.05, 0.1) is 49.5 Å². The highest BCUT2D eigenvalue weighted by Gasteiger charge is 2.19. The first-order chi connectivity index (χ1) is 14.4. The average Bonchev–Trinajstić information content (AvgIpc) is 2.75. The number of thiocarbonyl (C=S) groups is 1. The summed E-state index contributed by atoms with van der Waals surface area (Å²) >= 11 is 12.5. The molecule has 162 valence electrons. The minimum atomic E-state index is 0.468. The van der Waals surface area contributed by atoms with Gasteiger partial charge in [-0.15, -0.1) is 0 Å². The van der Waals surface area contributed by atoms with Crippen LogP contribution < -0.4 is 29.0 Å². The lowest BCUT2D eigenvalue weighted by Crippen LogP contribution is -2.19. The summed E-state index contributed by atoms with van der Waals surface area (Å²) in [4.78, 5) is 0.571. The quantitative estimate of drug-likeness (QED) is 0.326. The zero-order chi connectivity index (χ0) is 22.3. The highest BCUT2D eigenvalue weighted by molar-refractivity contribution is 9.11. The third kappa shape index (κ3) is 5.59. The molecule has 0 bridgehead atoms. The second kappa shape index (κ2) is 11.4. The largest absolute Gasteiger partial charge is 0.493 e. The standard InChI is InChI=1S/C21H23Br2NO5S/c1-25-15-9-12(8-14(22)19(15)27-3)6-7-17(30)24-11-13-10-16(26-2)20(28-4)21(29-5)18(13)23/h6-10H,11H2,1-5H3,(H,24,30)/b7-6+. The summed E-state index contributed by atoms with van der Waals surface area (Å²) in [5, 5.41) is 3.21. The van der Waals surface area contributed by atoms with Crippen LogP contribution in [0.5, 0.6) is 28.7 Å². The molecule has 0 aromatic heterocycles. The molecular formula is C21H23Br2NO5S. The van der Waals surface area contributed by atoms with Crippen LogP contribution in [0.4, 0.5) is 0 Å². The molecule has 0 saturated carbocycles. The first-order valence-electron chi connectivity index (χ1n) is 8.74. The predicted octanol–water partition coefficient (Wildman–Crippen LogP) is 5.39. The average molecular weight is 561 g/mol. The normalized spacial score (nSPS) is 10.6. The van der Waals surface area contributed by atoms with Gasteiger partial charge in [-0.3, -0.25) is 0 Å². The van der Waals surface area contributed by atoms with Crippen LogP contribution in [0.25, 0.3) is 6.08 Å². The number of rotatable bonds is 9. The maximum absolute atomic E-state index is 5.46. The molecule has 0 aliphatic heterocycles. The van der Waals surface area contributed by atoms with Gasteiger partial charge < -0.3 is 29.0 Å². The van der Waals surface area contributed by atoms with Crippen LogP contribution in [-0.4, -0.2) is 40.5 Å². The monoisotopic (exact) mass is 559 g/mol. The van der Waals surface area contributed by atoms with Crippen molar-refractivity contribution in [2.24, 2.45) is 0 Å². The maximum atomic E-state index is 5.46. The Morgan fingerprint density at radius 1 is 0.867 bits per heavy atom. The highest BCUT2D eigenvalue weighted by atomic mass is 79.9. The zero-order valence-corrected chi connectivity index (χ0v) is 21.3. The summed E-state index contributed by atoms with van der Waals surface area (Å²) in [6.07, 6.45) is 3.71. The molecule has 0 unspecified atom stereocenters. The lowest BCUT2D eigenvalue weighted by Gasteiger charge is -2.17. The van der Waals surface area contributed by atoms with E-state index in [0.29, 0.717) is 40.3 Å². The van der Waals surface area contributed by atoms with Crippen LogP contribution >= 0.6 is 44.1 Å². The van der Waals surface area contributed by atoms with Gasteiger partial charge in [0.25, 0.3) is 0 Å². The van der Waals surface area contributed by atoms with Crippen molar-refractivity contribution in [1.29, 1.82) is 0 Å². The van der Waals surface area contributed by atoms with Gasteiger partial charge in [-0.25, -0.2) is 0 Å². The van der Waals surface area contributed by atoms with E-state index in [0.717, 1.165) is 20.1 Å². The summed E-state index contributed by atoms with van der Waals surface area (Å²) in [7, 11) is 7.92. The maximum Gasteiger partial charge on any atom is 0.204 e. The van der Waals surface area contributed by atoms with Gasteiger partial charge in [-0.05, 0) is 67.3 Å². The van der Waals surface area contributed by atoms with E-state index in [2.05, 4.69) is 37.2 Å². The number of benzene rings is 2. The van der Waals surface area contributed by atoms with E-state index in [1.165, 1.54) is 0 Å². The molecule has 2 aromatic carbocycles. The minimum Gasteiger partial charge on any atom is -0.493 e. The Hall–Kier alpha value is -1.97. The second-order valence-electron chi connectivity index (χ2n) is 5.91. The molecule has 0 amide bonds. The van der Waals surface area contributed by atoms with Gasteiger partial charge in [0.2, 0.25) is 5.75 Å². The molecular weight excluding hydrogens is 538 g/mol. The van der Waals surface area contributed by atoms with Crippen molar-refractivity contribution in [1.82, 2.24) is 5.32 Å². The Morgan fingerprint density at radius 3 is 2.03 bits per heavy atom. The Morgan fingerprint density at radius 2 is 1.47 bits per heavy atom. The minimum absolute atomic E-state index is 0.468. The summed E-state index contributed by atoms with van der Waals surface area (Å²) in [5.74, 6) is 2.93. The molecule has 9 heteroatoms. The fourth-order valence-corrected chi connectivity index (χ4v) is 4.11. The van der Waals surface area contributed by atoms with Crippen molar-refractivity contribution >= 4 is 55.1 Å². The lowest BCUT2D eigenvalue weighted by molar-refractivity contribution is 0.322. The van der Waals surface area contributed by atoms with Gasteiger partial charge in [-0.2, -0.15) is 0 Å². The fraction of sp³-hybridized carbons (Fsp3) is 0.286. The smallest absolute Gasteiger partial charge is 0.204 e. The van der Waals surface area contributed by atoms with Gasteiger partial charge >= 0.3 is 0 Å². The molecule has 0 radical (unpaired) electrons. The lowest BCUT2D eigenvalue weighted by atomic mass is 10.1. The van der Waals surface area contributed by atoms with E-state index in [9.17, 15) is 0 Å². The summed E-state index contributed by atoms with van der Waals surface area (Å²) in [6.45, 7) is 0.468. The van der Waals surface area contributed by atoms with Crippen molar-refractivity contribution in [3.8, 4) is 28.7 Å². The van der Waals surface area contributed by atoms with Crippen LogP contribution in [0.1, 0.15) is 11.1 Å². The first-order valence-corrected chi connectivity index (χ1v) is 10.7. The second-order valence-corrected chi connectivity index (χ2v) is 7.99. The molecule has 30 heavy (non-hydrogen) atoms. The number of hydrogen-bond acceptors (Lipinski definition) is 6. The van der Waals surface area contributed by atoms with Gasteiger partial charge in [0.1, 0.15) is 0 Å². The highest BCUT2D eigenvalue weighted by Crippen LogP contribution is 2.44. The van der Waals surface area contributed by atoms with Crippen LogP contribution in [0.2, 0.25) is 0 Å². The molecule has 0 aliphatic carbocycles. The van der Waals surface area contributed by atoms with E-state index in [1.54, 1.807) is 35.5 Å². The molecule has 6 nitrogen and oxygen atoms in total. The van der Waals surface area contributed by atoms with E-state index >= 15 is 0 Å². The van der Waals surface area contributed by atoms with E-state index in [4.69, 9.17) is 35.9 Å². The molecule has 0 aliphatic rings. The number of hydrogen-bond donors (Lipinski definition) is 1. The van der Waals surface area contributed by atoms with Crippen molar-refractivity contribution in [3.63, 3.8) is 0 Å². The Kier molecular flexibility index (Phi) is 9.26. The summed E-state index contributed by atoms with van der Waals surface area (Å²) in [6, 6.07) is 5.67. The van der Waals surface area contributed by atoms with Gasteiger partial charge in [0.15, 0.2) is 23.0 Å². The van der Waals surface area contributed by atoms with E-state index in [1.807, 2.05) is 30.4 Å². The van der Waals surface area contributed by atoms with Crippen molar-refractivity contribution < 1.29 is 23.7 Å². The molecule has 0 fully saturated rings. The number of ether oxygens (including phenoxy) is 5. The predicted molar refractivity (Wildman–Crippen MR) is 130 cm³/mol. The summed E-state index contributed by atoms with van der Waals surface area (Å²) < 4.78 is 28.5. The molecule has 1 N–H and O–H groups in total. The molecule has 0 heterocycles. The molecule has 0 atom stereocenters. The topological polar surface area (TPSA) is 58.2 Å². The van der Waals surface area contributed by atoms with Gasteiger partial charge in [0, 0.05) is 6.54 Å². The molecule has 0 saturated heterocycles. The number of methoxy groups -OCH3 is 5. The van der Waals surface area contributed by atoms with Crippen molar-refractivity contribution in [3.05, 3.63) is 44.3 Å². The number of halogens is 2.